The Morgan fingerprint density at radius 3 is 2.62 bits per heavy atom. The van der Waals surface area contributed by atoms with Crippen LogP contribution in [0.15, 0.2) is 0 Å². The summed E-state index contributed by atoms with van der Waals surface area (Å²) in [6.07, 6.45) is 11.0. The van der Waals surface area contributed by atoms with Crippen molar-refractivity contribution in [3.63, 3.8) is 0 Å². The second kappa shape index (κ2) is 5.73. The fourth-order valence-corrected chi connectivity index (χ4v) is 3.69. The largest absolute Gasteiger partial charge is 0.327 e. The van der Waals surface area contributed by atoms with Crippen molar-refractivity contribution < 1.29 is 0 Å². The minimum atomic E-state index is 0.329. The van der Waals surface area contributed by atoms with Gasteiger partial charge in [-0.25, -0.2) is 0 Å². The Morgan fingerprint density at radius 2 is 1.88 bits per heavy atom. The molecule has 0 radical (unpaired) electrons. The fraction of sp³-hybridized carbons (Fsp3) is 0.867. The van der Waals surface area contributed by atoms with Crippen LogP contribution in [0.4, 0.5) is 0 Å². The predicted octanol–water partition coefficient (Wildman–Crippen LogP) is 3.33. The van der Waals surface area contributed by atoms with Gasteiger partial charge in [-0.2, -0.15) is 0 Å². The average Bonchev–Trinajstić information content (AvgIpc) is 2.35. The molecule has 2 aliphatic carbocycles. The quantitative estimate of drug-likeness (QED) is 0.708. The van der Waals surface area contributed by atoms with Crippen LogP contribution in [-0.4, -0.2) is 6.04 Å². The standard InChI is InChI=1S/C15H25N/c1-2-3-8-15(16)14-10-9-12-6-4-5-7-13(12)11-14/h12-15H,4-11,16H2,1H3. The summed E-state index contributed by atoms with van der Waals surface area (Å²) in [5.41, 5.74) is 6.25. The Labute approximate surface area is 100 Å². The van der Waals surface area contributed by atoms with Crippen LogP contribution in [-0.2, 0) is 0 Å². The van der Waals surface area contributed by atoms with Gasteiger partial charge in [0.1, 0.15) is 0 Å². The van der Waals surface area contributed by atoms with Gasteiger partial charge in [-0.05, 0) is 43.9 Å². The zero-order valence-electron chi connectivity index (χ0n) is 10.5. The molecule has 2 aliphatic rings. The molecule has 4 atom stereocenters. The van der Waals surface area contributed by atoms with Gasteiger partial charge >= 0.3 is 0 Å². The number of hydrogen-bond donors (Lipinski definition) is 1. The zero-order valence-corrected chi connectivity index (χ0v) is 10.5. The first kappa shape index (κ1) is 12.0. The van der Waals surface area contributed by atoms with Crippen LogP contribution in [0.1, 0.15) is 58.3 Å². The van der Waals surface area contributed by atoms with Crippen LogP contribution in [0, 0.1) is 29.6 Å². The lowest BCUT2D eigenvalue weighted by atomic mass is 9.66. The zero-order chi connectivity index (χ0) is 11.4. The van der Waals surface area contributed by atoms with E-state index >= 15 is 0 Å². The van der Waals surface area contributed by atoms with E-state index in [1.54, 1.807) is 0 Å². The second-order valence-corrected chi connectivity index (χ2v) is 5.67. The number of hydrogen-bond acceptors (Lipinski definition) is 1. The molecule has 0 aliphatic heterocycles. The Hall–Kier alpha value is -0.480. The topological polar surface area (TPSA) is 26.0 Å². The molecule has 0 spiro atoms. The highest BCUT2D eigenvalue weighted by Gasteiger charge is 2.33. The van der Waals surface area contributed by atoms with Crippen molar-refractivity contribution in [2.24, 2.45) is 23.5 Å². The Bertz CT molecular complexity index is 273. The van der Waals surface area contributed by atoms with E-state index in [4.69, 9.17) is 5.73 Å². The molecule has 1 nitrogen and oxygen atoms in total. The van der Waals surface area contributed by atoms with E-state index in [0.29, 0.717) is 6.04 Å². The molecule has 0 aromatic rings. The summed E-state index contributed by atoms with van der Waals surface area (Å²) in [7, 11) is 0. The van der Waals surface area contributed by atoms with Crippen molar-refractivity contribution in [3.8, 4) is 11.8 Å². The third-order valence-corrected chi connectivity index (χ3v) is 4.70. The Morgan fingerprint density at radius 1 is 1.12 bits per heavy atom. The van der Waals surface area contributed by atoms with Crippen molar-refractivity contribution in [3.05, 3.63) is 0 Å². The normalized spacial score (nSPS) is 35.8. The van der Waals surface area contributed by atoms with Gasteiger partial charge in [0.05, 0.1) is 0 Å². The van der Waals surface area contributed by atoms with Gasteiger partial charge in [-0.1, -0.05) is 25.7 Å². The molecule has 0 aromatic carbocycles. The second-order valence-electron chi connectivity index (χ2n) is 5.67. The molecule has 0 saturated heterocycles. The average molecular weight is 219 g/mol. The van der Waals surface area contributed by atoms with Crippen molar-refractivity contribution in [1.82, 2.24) is 0 Å². The van der Waals surface area contributed by atoms with Gasteiger partial charge in [0.25, 0.3) is 0 Å². The predicted molar refractivity (Wildman–Crippen MR) is 68.8 cm³/mol. The summed E-state index contributed by atoms with van der Waals surface area (Å²) in [6, 6.07) is 0.329. The minimum absolute atomic E-state index is 0.329. The van der Waals surface area contributed by atoms with E-state index in [-0.39, 0.29) is 0 Å². The molecule has 2 saturated carbocycles. The minimum Gasteiger partial charge on any atom is -0.327 e. The molecule has 0 bridgehead atoms. The first-order chi connectivity index (χ1) is 7.81. The molecule has 1 heteroatoms. The summed E-state index contributed by atoms with van der Waals surface area (Å²) >= 11 is 0. The van der Waals surface area contributed by atoms with Crippen LogP contribution in [0.2, 0.25) is 0 Å². The van der Waals surface area contributed by atoms with Gasteiger partial charge in [0, 0.05) is 12.5 Å². The summed E-state index contributed by atoms with van der Waals surface area (Å²) in [4.78, 5) is 0. The SMILES string of the molecule is CC#CCC(N)C1CCC2CCCCC2C1. The molecule has 2 fully saturated rings. The maximum Gasteiger partial charge on any atom is 0.0243 e. The monoisotopic (exact) mass is 219 g/mol. The van der Waals surface area contributed by atoms with E-state index in [1.807, 2.05) is 6.92 Å². The molecule has 4 unspecified atom stereocenters. The fourth-order valence-electron chi connectivity index (χ4n) is 3.69. The molecule has 0 heterocycles. The van der Waals surface area contributed by atoms with E-state index in [2.05, 4.69) is 11.8 Å². The van der Waals surface area contributed by atoms with Crippen LogP contribution in [0.3, 0.4) is 0 Å². The lowest BCUT2D eigenvalue weighted by Gasteiger charge is -2.41. The van der Waals surface area contributed by atoms with E-state index in [0.717, 1.165) is 24.2 Å². The summed E-state index contributed by atoms with van der Waals surface area (Å²) in [6.45, 7) is 1.91. The van der Waals surface area contributed by atoms with Crippen LogP contribution in [0.5, 0.6) is 0 Å². The molecule has 0 amide bonds. The molecular weight excluding hydrogens is 194 g/mol. The molecule has 2 N–H and O–H groups in total. The lowest BCUT2D eigenvalue weighted by Crippen LogP contribution is -2.37. The van der Waals surface area contributed by atoms with Crippen molar-refractivity contribution in [2.45, 2.75) is 64.3 Å². The summed E-state index contributed by atoms with van der Waals surface area (Å²) in [5.74, 6) is 8.89. The maximum absolute atomic E-state index is 6.25. The van der Waals surface area contributed by atoms with E-state index in [1.165, 1.54) is 44.9 Å². The number of rotatable bonds is 2. The Balaban J connectivity index is 1.85. The third kappa shape index (κ3) is 2.80. The first-order valence-corrected chi connectivity index (χ1v) is 6.96. The van der Waals surface area contributed by atoms with E-state index < -0.39 is 0 Å². The molecular formula is C15H25N. The molecule has 2 rings (SSSR count). The van der Waals surface area contributed by atoms with Gasteiger partial charge in [-0.15, -0.1) is 11.8 Å². The molecule has 90 valence electrons. The van der Waals surface area contributed by atoms with Crippen molar-refractivity contribution in [2.75, 3.05) is 0 Å². The first-order valence-electron chi connectivity index (χ1n) is 6.96. The van der Waals surface area contributed by atoms with Crippen molar-refractivity contribution >= 4 is 0 Å². The van der Waals surface area contributed by atoms with Crippen LogP contribution < -0.4 is 5.73 Å². The van der Waals surface area contributed by atoms with Gasteiger partial charge in [0.15, 0.2) is 0 Å². The van der Waals surface area contributed by atoms with Crippen LogP contribution in [0.25, 0.3) is 0 Å². The molecule has 0 aromatic heterocycles. The Kier molecular flexibility index (Phi) is 4.29. The van der Waals surface area contributed by atoms with E-state index in [9.17, 15) is 0 Å². The number of nitrogens with two attached hydrogens (primary N) is 1. The summed E-state index contributed by atoms with van der Waals surface area (Å²) in [5, 5.41) is 0. The van der Waals surface area contributed by atoms with Gasteiger partial charge in [-0.3, -0.25) is 0 Å². The smallest absolute Gasteiger partial charge is 0.0243 e. The highest BCUT2D eigenvalue weighted by molar-refractivity contribution is 4.99. The van der Waals surface area contributed by atoms with Gasteiger partial charge < -0.3 is 5.73 Å². The summed E-state index contributed by atoms with van der Waals surface area (Å²) < 4.78 is 0. The maximum atomic E-state index is 6.25. The third-order valence-electron chi connectivity index (χ3n) is 4.70. The number of fused-ring (bicyclic) bond motifs is 1. The highest BCUT2D eigenvalue weighted by atomic mass is 14.7. The van der Waals surface area contributed by atoms with Gasteiger partial charge in [0.2, 0.25) is 0 Å². The van der Waals surface area contributed by atoms with Crippen molar-refractivity contribution in [1.29, 1.82) is 0 Å². The molecule has 16 heavy (non-hydrogen) atoms. The van der Waals surface area contributed by atoms with Crippen LogP contribution >= 0.6 is 0 Å². The lowest BCUT2D eigenvalue weighted by molar-refractivity contribution is 0.118. The highest BCUT2D eigenvalue weighted by Crippen LogP contribution is 2.43.